The van der Waals surface area contributed by atoms with Crippen LogP contribution >= 0.6 is 23.2 Å². The minimum absolute atomic E-state index is 0.273. The molecule has 0 spiro atoms. The molecule has 3 atom stereocenters. The van der Waals surface area contributed by atoms with E-state index < -0.39 is 0 Å². The fourth-order valence-electron chi connectivity index (χ4n) is 5.29. The van der Waals surface area contributed by atoms with Gasteiger partial charge in [0.05, 0.1) is 46.5 Å². The molecular weight excluding hydrogens is 431 g/mol. The Morgan fingerprint density at radius 3 is 2.55 bits per heavy atom. The largest absolute Gasteiger partial charge is 0.371 e. The summed E-state index contributed by atoms with van der Waals surface area (Å²) in [4.78, 5) is 6.77. The van der Waals surface area contributed by atoms with Crippen molar-refractivity contribution in [3.63, 3.8) is 0 Å². The van der Waals surface area contributed by atoms with Crippen molar-refractivity contribution >= 4 is 28.9 Å². The van der Waals surface area contributed by atoms with E-state index in [-0.39, 0.29) is 6.10 Å². The number of rotatable bonds is 6. The van der Waals surface area contributed by atoms with Gasteiger partial charge in [-0.15, -0.1) is 0 Å². The molecule has 0 amide bonds. The summed E-state index contributed by atoms with van der Waals surface area (Å²) < 4.78 is 8.43. The van der Waals surface area contributed by atoms with Crippen LogP contribution in [0.5, 0.6) is 0 Å². The lowest BCUT2D eigenvalue weighted by molar-refractivity contribution is 0.00992. The maximum absolute atomic E-state index is 6.54. The van der Waals surface area contributed by atoms with Gasteiger partial charge in [0, 0.05) is 24.7 Å². The van der Waals surface area contributed by atoms with Gasteiger partial charge in [0.2, 0.25) is 0 Å². The summed E-state index contributed by atoms with van der Waals surface area (Å²) >= 11 is 13.0. The molecule has 3 fully saturated rings. The third-order valence-electron chi connectivity index (χ3n) is 6.96. The maximum Gasteiger partial charge on any atom is 0.102 e. The Morgan fingerprint density at radius 1 is 1.03 bits per heavy atom. The first kappa shape index (κ1) is 19.6. The van der Waals surface area contributed by atoms with Crippen molar-refractivity contribution in [3.8, 4) is 5.69 Å². The summed E-state index contributed by atoms with van der Waals surface area (Å²) in [6, 6.07) is 10.3. The zero-order chi connectivity index (χ0) is 20.9. The maximum atomic E-state index is 6.54. The van der Waals surface area contributed by atoms with E-state index >= 15 is 0 Å². The molecule has 6 rings (SSSR count). The molecule has 160 valence electrons. The summed E-state index contributed by atoms with van der Waals surface area (Å²) in [6.07, 6.45) is 10.7. The summed E-state index contributed by atoms with van der Waals surface area (Å²) in [7, 11) is 0. The SMILES string of the molecule is Clc1cccc(Cl)c1-n1ncc(C2CC2)c1CO[C@@H]1C[C@@H]2C[C@H]1CN2c1cccnc1. The molecule has 7 heteroatoms. The van der Waals surface area contributed by atoms with Crippen molar-refractivity contribution in [2.75, 3.05) is 11.4 Å². The van der Waals surface area contributed by atoms with Crippen molar-refractivity contribution in [1.82, 2.24) is 14.8 Å². The van der Waals surface area contributed by atoms with E-state index in [4.69, 9.17) is 27.9 Å². The van der Waals surface area contributed by atoms with Crippen molar-refractivity contribution < 1.29 is 4.74 Å². The van der Waals surface area contributed by atoms with Gasteiger partial charge in [-0.1, -0.05) is 29.3 Å². The topological polar surface area (TPSA) is 43.2 Å². The third kappa shape index (κ3) is 3.53. The first-order chi connectivity index (χ1) is 15.2. The summed E-state index contributed by atoms with van der Waals surface area (Å²) in [5, 5.41) is 5.87. The minimum atomic E-state index is 0.273. The number of fused-ring (bicyclic) bond motifs is 2. The number of para-hydroxylation sites is 1. The first-order valence-electron chi connectivity index (χ1n) is 11.0. The highest BCUT2D eigenvalue weighted by Crippen LogP contribution is 2.45. The third-order valence-corrected chi connectivity index (χ3v) is 7.57. The van der Waals surface area contributed by atoms with Crippen molar-refractivity contribution in [1.29, 1.82) is 0 Å². The fraction of sp³-hybridized carbons (Fsp3) is 0.417. The van der Waals surface area contributed by atoms with Crippen LogP contribution in [0.3, 0.4) is 0 Å². The zero-order valence-electron chi connectivity index (χ0n) is 17.1. The Bertz CT molecular complexity index is 1080. The average molecular weight is 455 g/mol. The van der Waals surface area contributed by atoms with Gasteiger partial charge >= 0.3 is 0 Å². The predicted molar refractivity (Wildman–Crippen MR) is 122 cm³/mol. The predicted octanol–water partition coefficient (Wildman–Crippen LogP) is 5.64. The number of aromatic nitrogens is 3. The monoisotopic (exact) mass is 454 g/mol. The van der Waals surface area contributed by atoms with Gasteiger partial charge in [0.1, 0.15) is 5.69 Å². The fourth-order valence-corrected chi connectivity index (χ4v) is 5.84. The van der Waals surface area contributed by atoms with Crippen LogP contribution in [0.15, 0.2) is 48.9 Å². The lowest BCUT2D eigenvalue weighted by Gasteiger charge is -2.33. The molecule has 1 aromatic carbocycles. The number of nitrogens with zero attached hydrogens (tertiary/aromatic N) is 4. The molecule has 2 aliphatic carbocycles. The number of piperidine rings is 1. The van der Waals surface area contributed by atoms with E-state index in [1.807, 2.05) is 47.5 Å². The second-order valence-electron chi connectivity index (χ2n) is 8.90. The quantitative estimate of drug-likeness (QED) is 0.483. The zero-order valence-corrected chi connectivity index (χ0v) is 18.6. The Hall–Kier alpha value is -2.08. The van der Waals surface area contributed by atoms with Crippen LogP contribution in [-0.2, 0) is 11.3 Å². The number of hydrogen-bond donors (Lipinski definition) is 0. The second-order valence-corrected chi connectivity index (χ2v) is 9.72. The van der Waals surface area contributed by atoms with Gasteiger partial charge in [0.25, 0.3) is 0 Å². The molecule has 0 radical (unpaired) electrons. The average Bonchev–Trinajstić information content (AvgIpc) is 3.24. The van der Waals surface area contributed by atoms with Crippen LogP contribution in [0.1, 0.15) is 42.9 Å². The lowest BCUT2D eigenvalue weighted by Crippen LogP contribution is -2.38. The normalized spacial score (nSPS) is 24.8. The highest BCUT2D eigenvalue weighted by atomic mass is 35.5. The molecular formula is C24H24Cl2N4O. The molecule has 3 aromatic rings. The lowest BCUT2D eigenvalue weighted by atomic mass is 10.1. The van der Waals surface area contributed by atoms with E-state index in [9.17, 15) is 0 Å². The van der Waals surface area contributed by atoms with Crippen LogP contribution in [0.25, 0.3) is 5.69 Å². The van der Waals surface area contributed by atoms with Gasteiger partial charge in [0.15, 0.2) is 0 Å². The van der Waals surface area contributed by atoms with Crippen LogP contribution in [0.2, 0.25) is 10.0 Å². The highest BCUT2D eigenvalue weighted by molar-refractivity contribution is 6.37. The van der Waals surface area contributed by atoms with Gasteiger partial charge in [-0.05, 0) is 61.4 Å². The molecule has 2 bridgehead atoms. The standard InChI is InChI=1S/C24H24Cl2N4O/c25-20-4-1-5-21(26)24(20)30-22(19(12-28-30)15-6-7-15)14-31-23-10-18-9-16(23)13-29(18)17-3-2-8-27-11-17/h1-5,8,11-12,15-16,18,23H,6-7,9-10,13-14H2/t16-,18-,23+/m0/s1. The molecule has 1 saturated heterocycles. The second kappa shape index (κ2) is 7.80. The number of anilines is 1. The molecule has 1 aliphatic heterocycles. The number of hydrogen-bond acceptors (Lipinski definition) is 4. The van der Waals surface area contributed by atoms with Gasteiger partial charge in [-0.3, -0.25) is 4.98 Å². The van der Waals surface area contributed by atoms with Crippen LogP contribution in [-0.4, -0.2) is 33.5 Å². The number of halogens is 2. The van der Waals surface area contributed by atoms with Crippen molar-refractivity contribution in [2.45, 2.75) is 50.4 Å². The highest BCUT2D eigenvalue weighted by Gasteiger charge is 2.45. The van der Waals surface area contributed by atoms with Crippen LogP contribution in [0.4, 0.5) is 5.69 Å². The van der Waals surface area contributed by atoms with E-state index in [1.165, 1.54) is 30.5 Å². The van der Waals surface area contributed by atoms with E-state index in [1.54, 1.807) is 0 Å². The molecule has 2 saturated carbocycles. The first-order valence-corrected chi connectivity index (χ1v) is 11.7. The molecule has 31 heavy (non-hydrogen) atoms. The number of ether oxygens (including phenoxy) is 1. The van der Waals surface area contributed by atoms with Crippen molar-refractivity contribution in [3.05, 3.63) is 70.2 Å². The van der Waals surface area contributed by atoms with Crippen LogP contribution in [0, 0.1) is 5.92 Å². The summed E-state index contributed by atoms with van der Waals surface area (Å²) in [5.74, 6) is 1.13. The Morgan fingerprint density at radius 2 is 1.87 bits per heavy atom. The smallest absolute Gasteiger partial charge is 0.102 e. The van der Waals surface area contributed by atoms with Gasteiger partial charge in [-0.2, -0.15) is 5.10 Å². The Balaban J connectivity index is 1.21. The molecule has 0 N–H and O–H groups in total. The van der Waals surface area contributed by atoms with Crippen molar-refractivity contribution in [2.24, 2.45) is 5.92 Å². The molecule has 5 nitrogen and oxygen atoms in total. The molecule has 3 heterocycles. The number of pyridine rings is 1. The summed E-state index contributed by atoms with van der Waals surface area (Å²) in [6.45, 7) is 1.57. The van der Waals surface area contributed by atoms with E-state index in [0.29, 0.717) is 34.5 Å². The summed E-state index contributed by atoms with van der Waals surface area (Å²) in [5.41, 5.74) is 4.32. The van der Waals surface area contributed by atoms with E-state index in [2.05, 4.69) is 21.0 Å². The molecule has 0 unspecified atom stereocenters. The number of benzene rings is 1. The van der Waals surface area contributed by atoms with E-state index in [0.717, 1.165) is 24.3 Å². The van der Waals surface area contributed by atoms with Gasteiger partial charge < -0.3 is 9.64 Å². The molecule has 3 aliphatic rings. The van der Waals surface area contributed by atoms with Gasteiger partial charge in [-0.25, -0.2) is 4.68 Å². The van der Waals surface area contributed by atoms with Crippen LogP contribution < -0.4 is 4.90 Å². The minimum Gasteiger partial charge on any atom is -0.371 e. The Labute approximate surface area is 191 Å². The Kier molecular flexibility index (Phi) is 4.93. The molecule has 2 aromatic heterocycles.